The number of hydrogen-bond donors (Lipinski definition) is 1. The van der Waals surface area contributed by atoms with E-state index in [1.807, 2.05) is 0 Å². The van der Waals surface area contributed by atoms with Gasteiger partial charge in [0.05, 0.1) is 0 Å². The number of carbonyl (C=O) groups excluding carboxylic acids is 1. The van der Waals surface area contributed by atoms with Gasteiger partial charge in [-0.05, 0) is 19.9 Å². The van der Waals surface area contributed by atoms with E-state index in [9.17, 15) is 4.79 Å². The zero-order valence-electron chi connectivity index (χ0n) is 5.52. The third kappa shape index (κ3) is 2.33. The first-order valence-corrected chi connectivity index (χ1v) is 3.02. The maximum absolute atomic E-state index is 10.6. The Hall–Kier alpha value is -0.0800. The van der Waals surface area contributed by atoms with Gasteiger partial charge in [0, 0.05) is 12.5 Å². The first-order chi connectivity index (χ1) is 3.80. The average molecular weight is 150 g/mol. The Morgan fingerprint density at radius 1 is 1.67 bits per heavy atom. The molecule has 3 heteroatoms. The van der Waals surface area contributed by atoms with Crippen molar-refractivity contribution in [3.05, 3.63) is 0 Å². The molecule has 9 heavy (non-hydrogen) atoms. The van der Waals surface area contributed by atoms with Gasteiger partial charge in [0.25, 0.3) is 0 Å². The van der Waals surface area contributed by atoms with Gasteiger partial charge in [-0.25, -0.2) is 0 Å². The van der Waals surface area contributed by atoms with Crippen LogP contribution in [0.15, 0.2) is 0 Å². The lowest BCUT2D eigenvalue weighted by molar-refractivity contribution is -0.120. The van der Waals surface area contributed by atoms with Crippen LogP contribution in [-0.4, -0.2) is 18.9 Å². The van der Waals surface area contributed by atoms with E-state index >= 15 is 0 Å². The highest BCUT2D eigenvalue weighted by molar-refractivity contribution is 5.85. The maximum Gasteiger partial charge on any atom is 0.134 e. The molecule has 1 atom stereocenters. The monoisotopic (exact) mass is 149 g/mol. The molecular weight excluding hydrogens is 138 g/mol. The molecule has 0 unspecified atom stereocenters. The van der Waals surface area contributed by atoms with Crippen molar-refractivity contribution in [2.45, 2.75) is 13.3 Å². The third-order valence-electron chi connectivity index (χ3n) is 1.64. The Morgan fingerprint density at radius 2 is 2.33 bits per heavy atom. The number of halogens is 1. The minimum absolute atomic E-state index is 0. The lowest BCUT2D eigenvalue weighted by atomic mass is 10.1. The summed E-state index contributed by atoms with van der Waals surface area (Å²) in [6.45, 7) is 3.58. The van der Waals surface area contributed by atoms with Crippen LogP contribution in [0, 0.1) is 5.92 Å². The van der Waals surface area contributed by atoms with Gasteiger partial charge in [-0.15, -0.1) is 12.4 Å². The molecule has 1 heterocycles. The Kier molecular flexibility index (Phi) is 3.82. The molecule has 0 aromatic carbocycles. The van der Waals surface area contributed by atoms with Crippen molar-refractivity contribution < 1.29 is 4.79 Å². The molecule has 54 valence electrons. The van der Waals surface area contributed by atoms with E-state index in [0.29, 0.717) is 11.7 Å². The first kappa shape index (κ1) is 8.92. The highest BCUT2D eigenvalue weighted by atomic mass is 35.5. The van der Waals surface area contributed by atoms with Crippen molar-refractivity contribution >= 4 is 18.2 Å². The Labute approximate surface area is 61.4 Å². The van der Waals surface area contributed by atoms with Gasteiger partial charge in [-0.3, -0.25) is 4.79 Å². The fourth-order valence-electron chi connectivity index (χ4n) is 1.00. The summed E-state index contributed by atoms with van der Waals surface area (Å²) in [7, 11) is 0. The molecule has 1 N–H and O–H groups in total. The van der Waals surface area contributed by atoms with Gasteiger partial charge in [-0.1, -0.05) is 0 Å². The predicted octanol–water partition coefficient (Wildman–Crippen LogP) is 0.607. The van der Waals surface area contributed by atoms with Crippen LogP contribution in [0.5, 0.6) is 0 Å². The highest BCUT2D eigenvalue weighted by Crippen LogP contribution is 2.06. The molecule has 2 nitrogen and oxygen atoms in total. The van der Waals surface area contributed by atoms with Crippen molar-refractivity contribution in [3.8, 4) is 0 Å². The summed E-state index contributed by atoms with van der Waals surface area (Å²) in [6.07, 6.45) is 1.04. The first-order valence-electron chi connectivity index (χ1n) is 3.02. The SMILES string of the molecule is CC(=O)[C@H]1CCNC1.Cl. The van der Waals surface area contributed by atoms with Crippen LogP contribution in [0.25, 0.3) is 0 Å². The fourth-order valence-corrected chi connectivity index (χ4v) is 1.00. The second kappa shape index (κ2) is 3.85. The van der Waals surface area contributed by atoms with Crippen LogP contribution in [0.1, 0.15) is 13.3 Å². The summed E-state index contributed by atoms with van der Waals surface area (Å²) in [4.78, 5) is 10.6. The molecule has 0 amide bonds. The van der Waals surface area contributed by atoms with Crippen molar-refractivity contribution in [1.82, 2.24) is 5.32 Å². The molecule has 0 aliphatic carbocycles. The molecule has 0 bridgehead atoms. The topological polar surface area (TPSA) is 29.1 Å². The molecule has 1 aliphatic heterocycles. The highest BCUT2D eigenvalue weighted by Gasteiger charge is 2.17. The molecule has 1 rings (SSSR count). The van der Waals surface area contributed by atoms with Gasteiger partial charge in [0.2, 0.25) is 0 Å². The Morgan fingerprint density at radius 3 is 2.56 bits per heavy atom. The normalized spacial score (nSPS) is 25.2. The van der Waals surface area contributed by atoms with Crippen molar-refractivity contribution in [1.29, 1.82) is 0 Å². The van der Waals surface area contributed by atoms with Gasteiger partial charge in [0.15, 0.2) is 0 Å². The number of Topliss-reactive ketones (excluding diaryl/α,β-unsaturated/α-hetero) is 1. The average Bonchev–Trinajstić information content (AvgIpc) is 2.12. The van der Waals surface area contributed by atoms with Gasteiger partial charge < -0.3 is 5.32 Å². The second-order valence-corrected chi connectivity index (χ2v) is 2.30. The van der Waals surface area contributed by atoms with Crippen LogP contribution >= 0.6 is 12.4 Å². The van der Waals surface area contributed by atoms with Crippen LogP contribution in [0.4, 0.5) is 0 Å². The molecule has 1 aliphatic rings. The quantitative estimate of drug-likeness (QED) is 0.592. The Bertz CT molecular complexity index is 99.2. The standard InChI is InChI=1S/C6H11NO.ClH/c1-5(8)6-2-3-7-4-6;/h6-7H,2-4H2,1H3;1H/t6-;/m0./s1. The minimum atomic E-state index is 0. The largest absolute Gasteiger partial charge is 0.316 e. The molecule has 0 aromatic heterocycles. The third-order valence-corrected chi connectivity index (χ3v) is 1.64. The van der Waals surface area contributed by atoms with Crippen molar-refractivity contribution in [3.63, 3.8) is 0 Å². The molecule has 0 saturated carbocycles. The fraction of sp³-hybridized carbons (Fsp3) is 0.833. The molecule has 0 spiro atoms. The smallest absolute Gasteiger partial charge is 0.134 e. The summed E-state index contributed by atoms with van der Waals surface area (Å²) in [5.41, 5.74) is 0. The number of nitrogens with one attached hydrogen (secondary N) is 1. The summed E-state index contributed by atoms with van der Waals surface area (Å²) in [5.74, 6) is 0.644. The number of carbonyl (C=O) groups is 1. The van der Waals surface area contributed by atoms with Gasteiger partial charge >= 0.3 is 0 Å². The van der Waals surface area contributed by atoms with E-state index in [2.05, 4.69) is 5.32 Å². The summed E-state index contributed by atoms with van der Waals surface area (Å²) in [6, 6.07) is 0. The predicted molar refractivity (Wildman–Crippen MR) is 38.9 cm³/mol. The molecule has 0 radical (unpaired) electrons. The van der Waals surface area contributed by atoms with E-state index < -0.39 is 0 Å². The summed E-state index contributed by atoms with van der Waals surface area (Å²) < 4.78 is 0. The number of rotatable bonds is 1. The van der Waals surface area contributed by atoms with E-state index in [-0.39, 0.29) is 12.4 Å². The second-order valence-electron chi connectivity index (χ2n) is 2.30. The van der Waals surface area contributed by atoms with Crippen LogP contribution in [-0.2, 0) is 4.79 Å². The van der Waals surface area contributed by atoms with Crippen molar-refractivity contribution in [2.24, 2.45) is 5.92 Å². The number of ketones is 1. The summed E-state index contributed by atoms with van der Waals surface area (Å²) in [5, 5.41) is 3.13. The van der Waals surface area contributed by atoms with Crippen LogP contribution in [0.3, 0.4) is 0 Å². The van der Waals surface area contributed by atoms with E-state index in [4.69, 9.17) is 0 Å². The zero-order valence-corrected chi connectivity index (χ0v) is 6.33. The molecule has 1 fully saturated rings. The summed E-state index contributed by atoms with van der Waals surface area (Å²) >= 11 is 0. The number of hydrogen-bond acceptors (Lipinski definition) is 2. The van der Waals surface area contributed by atoms with E-state index in [1.165, 1.54) is 0 Å². The lowest BCUT2D eigenvalue weighted by Crippen LogP contribution is -2.14. The minimum Gasteiger partial charge on any atom is -0.316 e. The lowest BCUT2D eigenvalue weighted by Gasteiger charge is -1.98. The van der Waals surface area contributed by atoms with Gasteiger partial charge in [-0.2, -0.15) is 0 Å². The van der Waals surface area contributed by atoms with Crippen LogP contribution < -0.4 is 5.32 Å². The molecule has 1 saturated heterocycles. The zero-order chi connectivity index (χ0) is 5.98. The van der Waals surface area contributed by atoms with Crippen LogP contribution in [0.2, 0.25) is 0 Å². The molecular formula is C6H12ClNO. The maximum atomic E-state index is 10.6. The van der Waals surface area contributed by atoms with E-state index in [1.54, 1.807) is 6.92 Å². The Balaban J connectivity index is 0.000000640. The van der Waals surface area contributed by atoms with Gasteiger partial charge in [0.1, 0.15) is 5.78 Å². The van der Waals surface area contributed by atoms with E-state index in [0.717, 1.165) is 19.5 Å². The van der Waals surface area contributed by atoms with Crippen molar-refractivity contribution in [2.75, 3.05) is 13.1 Å². The molecule has 0 aromatic rings.